The molecule has 2 N–H and O–H groups in total. The molecule has 1 aromatic carbocycles. The Labute approximate surface area is 133 Å². The van der Waals surface area contributed by atoms with Gasteiger partial charge < -0.3 is 14.9 Å². The van der Waals surface area contributed by atoms with Crippen LogP contribution in [0.5, 0.6) is 5.75 Å². The van der Waals surface area contributed by atoms with Gasteiger partial charge in [-0.1, -0.05) is 18.0 Å². The number of halogens is 1. The lowest BCUT2D eigenvalue weighted by Crippen LogP contribution is -2.44. The molecule has 1 aliphatic rings. The van der Waals surface area contributed by atoms with Crippen molar-refractivity contribution < 1.29 is 24.5 Å². The number of hydrogen-bond donors (Lipinski definition) is 2. The van der Waals surface area contributed by atoms with E-state index in [-0.39, 0.29) is 0 Å². The summed E-state index contributed by atoms with van der Waals surface area (Å²) in [6, 6.07) is 4.39. The molecular formula is C15H18ClNO5. The van der Waals surface area contributed by atoms with Gasteiger partial charge in [-0.05, 0) is 37.6 Å². The molecular weight excluding hydrogens is 310 g/mol. The van der Waals surface area contributed by atoms with Crippen molar-refractivity contribution in [3.63, 3.8) is 0 Å². The van der Waals surface area contributed by atoms with Gasteiger partial charge in [0, 0.05) is 17.1 Å². The predicted molar refractivity (Wildman–Crippen MR) is 80.3 cm³/mol. The van der Waals surface area contributed by atoms with Gasteiger partial charge in [-0.15, -0.1) is 0 Å². The normalized spacial score (nSPS) is 18.9. The second kappa shape index (κ2) is 7.47. The molecule has 0 bridgehead atoms. The van der Waals surface area contributed by atoms with Crippen molar-refractivity contribution in [2.45, 2.75) is 31.8 Å². The number of nitrogens with zero attached hydrogens (tertiary/aromatic N) is 1. The summed E-state index contributed by atoms with van der Waals surface area (Å²) in [6.45, 7) is 0.603. The van der Waals surface area contributed by atoms with Crippen molar-refractivity contribution in [3.8, 4) is 5.75 Å². The Kier molecular flexibility index (Phi) is 5.63. The largest absolute Gasteiger partial charge is 0.482 e. The number of carboxylic acid groups (broad SMARTS) is 2. The Hall–Kier alpha value is -1.79. The van der Waals surface area contributed by atoms with Crippen molar-refractivity contribution in [2.24, 2.45) is 0 Å². The topological polar surface area (TPSA) is 87.1 Å². The Morgan fingerprint density at radius 3 is 2.77 bits per heavy atom. The minimum absolute atomic E-state index is 0.368. The third-order valence-corrected chi connectivity index (χ3v) is 3.88. The van der Waals surface area contributed by atoms with Crippen LogP contribution in [0.1, 0.15) is 24.8 Å². The lowest BCUT2D eigenvalue weighted by atomic mass is 10.0. The van der Waals surface area contributed by atoms with Crippen molar-refractivity contribution in [1.29, 1.82) is 0 Å². The van der Waals surface area contributed by atoms with Crippen LogP contribution in [0.3, 0.4) is 0 Å². The maximum Gasteiger partial charge on any atom is 0.341 e. The molecule has 0 aromatic heterocycles. The molecule has 2 rings (SSSR count). The second-order valence-electron chi connectivity index (χ2n) is 5.25. The minimum Gasteiger partial charge on any atom is -0.482 e. The average molecular weight is 328 g/mol. The second-order valence-corrected chi connectivity index (χ2v) is 5.69. The number of ether oxygens (including phenoxy) is 1. The summed E-state index contributed by atoms with van der Waals surface area (Å²) in [5, 5.41) is 18.5. The van der Waals surface area contributed by atoms with Crippen LogP contribution in [0.15, 0.2) is 18.2 Å². The monoisotopic (exact) mass is 327 g/mol. The standard InChI is InChI=1S/C15H18ClNO5/c16-11-4-5-13(22-9-14(18)19)10(7-11)8-17-6-2-1-3-12(17)15(20)21/h4-5,7,12H,1-3,6,8-9H2,(H,18,19)(H,20,21). The average Bonchev–Trinajstić information content (AvgIpc) is 2.46. The molecule has 1 saturated heterocycles. The Balaban J connectivity index is 2.17. The van der Waals surface area contributed by atoms with Crippen LogP contribution in [0.2, 0.25) is 5.02 Å². The van der Waals surface area contributed by atoms with Gasteiger partial charge in [0.1, 0.15) is 11.8 Å². The molecule has 1 atom stereocenters. The van der Waals surface area contributed by atoms with Gasteiger partial charge in [0.2, 0.25) is 0 Å². The molecule has 0 amide bonds. The molecule has 0 saturated carbocycles. The highest BCUT2D eigenvalue weighted by atomic mass is 35.5. The van der Waals surface area contributed by atoms with Gasteiger partial charge in [-0.2, -0.15) is 0 Å². The molecule has 0 aliphatic carbocycles. The van der Waals surface area contributed by atoms with Crippen LogP contribution in [0.4, 0.5) is 0 Å². The highest BCUT2D eigenvalue weighted by Gasteiger charge is 2.29. The minimum atomic E-state index is -1.07. The van der Waals surface area contributed by atoms with Gasteiger partial charge in [-0.25, -0.2) is 4.79 Å². The molecule has 0 spiro atoms. The number of hydrogen-bond acceptors (Lipinski definition) is 4. The molecule has 6 nitrogen and oxygen atoms in total. The fourth-order valence-corrected chi connectivity index (χ4v) is 2.83. The van der Waals surface area contributed by atoms with E-state index in [1.807, 2.05) is 4.90 Å². The Bertz CT molecular complexity index is 563. The molecule has 120 valence electrons. The number of piperidine rings is 1. The fourth-order valence-electron chi connectivity index (χ4n) is 2.63. The van der Waals surface area contributed by atoms with Crippen LogP contribution < -0.4 is 4.74 Å². The maximum absolute atomic E-state index is 11.3. The predicted octanol–water partition coefficient (Wildman–Crippen LogP) is 2.24. The summed E-state index contributed by atoms with van der Waals surface area (Å²) >= 11 is 5.99. The zero-order valence-corrected chi connectivity index (χ0v) is 12.8. The van der Waals surface area contributed by atoms with Crippen LogP contribution in [0.25, 0.3) is 0 Å². The smallest absolute Gasteiger partial charge is 0.341 e. The van der Waals surface area contributed by atoms with E-state index >= 15 is 0 Å². The first kappa shape index (κ1) is 16.6. The van der Waals surface area contributed by atoms with Gasteiger partial charge in [0.05, 0.1) is 0 Å². The van der Waals surface area contributed by atoms with Crippen molar-refractivity contribution in [1.82, 2.24) is 4.90 Å². The first-order valence-corrected chi connectivity index (χ1v) is 7.45. The summed E-state index contributed by atoms with van der Waals surface area (Å²) in [4.78, 5) is 23.9. The molecule has 1 aromatic rings. The van der Waals surface area contributed by atoms with E-state index in [4.69, 9.17) is 21.4 Å². The Morgan fingerprint density at radius 2 is 2.09 bits per heavy atom. The summed E-state index contributed by atoms with van der Waals surface area (Å²) < 4.78 is 5.26. The van der Waals surface area contributed by atoms with E-state index in [0.29, 0.717) is 35.8 Å². The first-order valence-electron chi connectivity index (χ1n) is 7.07. The highest BCUT2D eigenvalue weighted by molar-refractivity contribution is 6.30. The summed E-state index contributed by atoms with van der Waals surface area (Å²) in [5.74, 6) is -1.49. The number of carbonyl (C=O) groups is 2. The molecule has 0 radical (unpaired) electrons. The summed E-state index contributed by atoms with van der Waals surface area (Å²) in [6.07, 6.45) is 2.45. The summed E-state index contributed by atoms with van der Waals surface area (Å²) in [5.41, 5.74) is 0.696. The first-order chi connectivity index (χ1) is 10.5. The van der Waals surface area contributed by atoms with E-state index in [2.05, 4.69) is 0 Å². The van der Waals surface area contributed by atoms with Gasteiger partial charge in [0.15, 0.2) is 6.61 Å². The van der Waals surface area contributed by atoms with Gasteiger partial charge >= 0.3 is 11.9 Å². The summed E-state index contributed by atoms with van der Waals surface area (Å²) in [7, 11) is 0. The van der Waals surface area contributed by atoms with Crippen LogP contribution in [-0.2, 0) is 16.1 Å². The fraction of sp³-hybridized carbons (Fsp3) is 0.467. The van der Waals surface area contributed by atoms with Crippen LogP contribution in [-0.4, -0.2) is 46.2 Å². The SMILES string of the molecule is O=C(O)COc1ccc(Cl)cc1CN1CCCCC1C(=O)O. The lowest BCUT2D eigenvalue weighted by Gasteiger charge is -2.33. The number of carboxylic acids is 2. The van der Waals surface area contributed by atoms with E-state index in [1.165, 1.54) is 0 Å². The number of aliphatic carboxylic acids is 2. The van der Waals surface area contributed by atoms with Crippen molar-refractivity contribution in [3.05, 3.63) is 28.8 Å². The van der Waals surface area contributed by atoms with Crippen molar-refractivity contribution in [2.75, 3.05) is 13.2 Å². The van der Waals surface area contributed by atoms with E-state index in [0.717, 1.165) is 12.8 Å². The van der Waals surface area contributed by atoms with Gasteiger partial charge in [0.25, 0.3) is 0 Å². The number of benzene rings is 1. The van der Waals surface area contributed by atoms with E-state index in [1.54, 1.807) is 18.2 Å². The zero-order chi connectivity index (χ0) is 16.1. The zero-order valence-electron chi connectivity index (χ0n) is 12.0. The molecule has 7 heteroatoms. The van der Waals surface area contributed by atoms with Crippen LogP contribution in [0, 0.1) is 0 Å². The molecule has 22 heavy (non-hydrogen) atoms. The molecule has 1 aliphatic heterocycles. The van der Waals surface area contributed by atoms with Crippen LogP contribution >= 0.6 is 11.6 Å². The number of likely N-dealkylation sites (tertiary alicyclic amines) is 1. The maximum atomic E-state index is 11.3. The quantitative estimate of drug-likeness (QED) is 0.833. The van der Waals surface area contributed by atoms with Crippen molar-refractivity contribution >= 4 is 23.5 Å². The number of rotatable bonds is 6. The van der Waals surface area contributed by atoms with Gasteiger partial charge in [-0.3, -0.25) is 9.69 Å². The third-order valence-electron chi connectivity index (χ3n) is 3.65. The Morgan fingerprint density at radius 1 is 1.32 bits per heavy atom. The molecule has 1 unspecified atom stereocenters. The van der Waals surface area contributed by atoms with E-state index < -0.39 is 24.6 Å². The van der Waals surface area contributed by atoms with E-state index in [9.17, 15) is 14.7 Å². The third kappa shape index (κ3) is 4.35. The molecule has 1 fully saturated rings. The molecule has 1 heterocycles. The highest BCUT2D eigenvalue weighted by Crippen LogP contribution is 2.27. The lowest BCUT2D eigenvalue weighted by molar-refractivity contribution is -0.144.